The molecule has 1 aliphatic heterocycles. The maximum Gasteiger partial charge on any atom is 0.258 e. The average Bonchev–Trinajstić information content (AvgIpc) is 2.49. The molecule has 0 fully saturated rings. The van der Waals surface area contributed by atoms with Crippen LogP contribution >= 0.6 is 0 Å². The standard InChI is InChI=1S/C12H9N3O5/c13-5-9-11(15-18)10(16)6-19-12(9)20-8-3-1-7(14-17)2-4-8/h1-4,6,9,11-12,16H. The fourth-order valence-electron chi connectivity index (χ4n) is 1.70. The Kier molecular flexibility index (Phi) is 3.91. The molecule has 1 N–H and O–H groups in total. The van der Waals surface area contributed by atoms with Gasteiger partial charge in [0.2, 0.25) is 0 Å². The van der Waals surface area contributed by atoms with E-state index in [4.69, 9.17) is 14.7 Å². The molecule has 0 aliphatic carbocycles. The van der Waals surface area contributed by atoms with Gasteiger partial charge in [0.1, 0.15) is 17.7 Å². The minimum absolute atomic E-state index is 0.226. The molecule has 3 unspecified atom stereocenters. The highest BCUT2D eigenvalue weighted by Crippen LogP contribution is 2.28. The lowest BCUT2D eigenvalue weighted by molar-refractivity contribution is -0.0788. The van der Waals surface area contributed by atoms with Crippen LogP contribution in [-0.2, 0) is 4.74 Å². The van der Waals surface area contributed by atoms with Gasteiger partial charge in [-0.25, -0.2) is 0 Å². The van der Waals surface area contributed by atoms with Crippen molar-refractivity contribution in [1.29, 1.82) is 5.26 Å². The fourth-order valence-corrected chi connectivity index (χ4v) is 1.70. The Balaban J connectivity index is 2.17. The first-order chi connectivity index (χ1) is 9.69. The molecule has 8 nitrogen and oxygen atoms in total. The number of benzene rings is 1. The topological polar surface area (TPSA) is 121 Å². The van der Waals surface area contributed by atoms with Crippen LogP contribution in [0.2, 0.25) is 0 Å². The number of rotatable bonds is 4. The van der Waals surface area contributed by atoms with Gasteiger partial charge in [0.15, 0.2) is 17.7 Å². The van der Waals surface area contributed by atoms with Gasteiger partial charge >= 0.3 is 0 Å². The predicted octanol–water partition coefficient (Wildman–Crippen LogP) is 2.49. The molecule has 0 saturated carbocycles. The summed E-state index contributed by atoms with van der Waals surface area (Å²) in [5.41, 5.74) is 0.226. The zero-order valence-electron chi connectivity index (χ0n) is 10.0. The lowest BCUT2D eigenvalue weighted by Gasteiger charge is -2.28. The van der Waals surface area contributed by atoms with Crippen LogP contribution < -0.4 is 4.74 Å². The van der Waals surface area contributed by atoms with Crippen molar-refractivity contribution < 1.29 is 14.6 Å². The predicted molar refractivity (Wildman–Crippen MR) is 66.8 cm³/mol. The van der Waals surface area contributed by atoms with Crippen LogP contribution in [-0.4, -0.2) is 17.4 Å². The van der Waals surface area contributed by atoms with Crippen LogP contribution in [0.25, 0.3) is 0 Å². The maximum atomic E-state index is 10.7. The Bertz CT molecular complexity index is 578. The largest absolute Gasteiger partial charge is 0.507 e. The summed E-state index contributed by atoms with van der Waals surface area (Å²) in [5.74, 6) is -1.18. The van der Waals surface area contributed by atoms with Gasteiger partial charge in [0, 0.05) is 0 Å². The number of nitriles is 1. The Labute approximate surface area is 113 Å². The summed E-state index contributed by atoms with van der Waals surface area (Å²) >= 11 is 0. The SMILES string of the molecule is N#CC1C(Oc2ccc(N=O)cc2)OC=C(O)C1N=O. The molecule has 8 heteroatoms. The first kappa shape index (κ1) is 13.5. The number of nitrogens with zero attached hydrogens (tertiary/aromatic N) is 3. The molecule has 0 amide bonds. The summed E-state index contributed by atoms with van der Waals surface area (Å²) < 4.78 is 10.4. The molecule has 1 heterocycles. The smallest absolute Gasteiger partial charge is 0.258 e. The van der Waals surface area contributed by atoms with E-state index in [0.717, 1.165) is 6.26 Å². The number of aliphatic hydroxyl groups is 1. The number of ether oxygens (including phenoxy) is 2. The first-order valence-corrected chi connectivity index (χ1v) is 5.56. The van der Waals surface area contributed by atoms with Gasteiger partial charge in [0.05, 0.1) is 6.07 Å². The second kappa shape index (κ2) is 5.79. The van der Waals surface area contributed by atoms with E-state index in [2.05, 4.69) is 10.4 Å². The molecular weight excluding hydrogens is 266 g/mol. The molecule has 3 atom stereocenters. The Morgan fingerprint density at radius 3 is 2.55 bits per heavy atom. The lowest BCUT2D eigenvalue weighted by atomic mass is 9.98. The zero-order chi connectivity index (χ0) is 14.5. The lowest BCUT2D eigenvalue weighted by Crippen LogP contribution is -2.39. The average molecular weight is 275 g/mol. The summed E-state index contributed by atoms with van der Waals surface area (Å²) in [7, 11) is 0. The van der Waals surface area contributed by atoms with E-state index >= 15 is 0 Å². The van der Waals surface area contributed by atoms with Gasteiger partial charge < -0.3 is 14.6 Å². The van der Waals surface area contributed by atoms with E-state index in [1.807, 2.05) is 6.07 Å². The van der Waals surface area contributed by atoms with Gasteiger partial charge in [-0.1, -0.05) is 5.18 Å². The van der Waals surface area contributed by atoms with E-state index in [0.29, 0.717) is 5.75 Å². The van der Waals surface area contributed by atoms with E-state index < -0.39 is 24.0 Å². The second-order valence-electron chi connectivity index (χ2n) is 3.96. The van der Waals surface area contributed by atoms with Crippen LogP contribution in [0.4, 0.5) is 5.69 Å². The van der Waals surface area contributed by atoms with E-state index in [-0.39, 0.29) is 5.69 Å². The van der Waals surface area contributed by atoms with Gasteiger partial charge in [0.25, 0.3) is 6.29 Å². The van der Waals surface area contributed by atoms with Crippen molar-refractivity contribution in [1.82, 2.24) is 0 Å². The normalized spacial score (nSPS) is 24.8. The second-order valence-corrected chi connectivity index (χ2v) is 3.96. The van der Waals surface area contributed by atoms with Gasteiger partial charge in [-0.2, -0.15) is 5.26 Å². The van der Waals surface area contributed by atoms with Crippen LogP contribution in [0.3, 0.4) is 0 Å². The third-order valence-electron chi connectivity index (χ3n) is 2.72. The van der Waals surface area contributed by atoms with Crippen molar-refractivity contribution in [3.05, 3.63) is 46.1 Å². The molecule has 1 aromatic rings. The molecule has 1 aromatic carbocycles. The van der Waals surface area contributed by atoms with Gasteiger partial charge in [-0.3, -0.25) is 0 Å². The molecule has 2 rings (SSSR count). The van der Waals surface area contributed by atoms with Crippen molar-refractivity contribution in [3.8, 4) is 11.8 Å². The van der Waals surface area contributed by atoms with E-state index in [1.165, 1.54) is 24.3 Å². The molecule has 102 valence electrons. The fraction of sp³-hybridized carbons (Fsp3) is 0.250. The van der Waals surface area contributed by atoms with Crippen molar-refractivity contribution in [2.45, 2.75) is 12.3 Å². The van der Waals surface area contributed by atoms with E-state index in [1.54, 1.807) is 0 Å². The van der Waals surface area contributed by atoms with Gasteiger partial charge in [-0.15, -0.1) is 9.81 Å². The van der Waals surface area contributed by atoms with Crippen molar-refractivity contribution in [2.75, 3.05) is 0 Å². The molecule has 0 bridgehead atoms. The van der Waals surface area contributed by atoms with E-state index in [9.17, 15) is 14.9 Å². The highest BCUT2D eigenvalue weighted by molar-refractivity contribution is 5.40. The van der Waals surface area contributed by atoms with Crippen molar-refractivity contribution >= 4 is 5.69 Å². The number of nitroso groups, excluding NO2 is 2. The Morgan fingerprint density at radius 2 is 2.00 bits per heavy atom. The molecule has 0 spiro atoms. The summed E-state index contributed by atoms with van der Waals surface area (Å²) in [6.45, 7) is 0. The minimum atomic E-state index is -1.24. The third kappa shape index (κ3) is 2.56. The number of hydrogen-bond acceptors (Lipinski definition) is 8. The highest BCUT2D eigenvalue weighted by atomic mass is 16.7. The summed E-state index contributed by atoms with van der Waals surface area (Å²) in [6, 6.07) is 6.36. The van der Waals surface area contributed by atoms with Crippen LogP contribution in [0.15, 0.2) is 46.6 Å². The molecule has 0 radical (unpaired) electrons. The molecule has 1 aliphatic rings. The summed E-state index contributed by atoms with van der Waals surface area (Å²) in [6.07, 6.45) is -0.167. The third-order valence-corrected chi connectivity index (χ3v) is 2.72. The first-order valence-electron chi connectivity index (χ1n) is 5.56. The number of hydrogen-bond donors (Lipinski definition) is 1. The summed E-state index contributed by atoms with van der Waals surface area (Å²) in [4.78, 5) is 20.9. The Hall–Kier alpha value is -2.95. The zero-order valence-corrected chi connectivity index (χ0v) is 10.0. The highest BCUT2D eigenvalue weighted by Gasteiger charge is 2.40. The van der Waals surface area contributed by atoms with Crippen LogP contribution in [0.1, 0.15) is 0 Å². The molecule has 0 aromatic heterocycles. The molecule has 0 saturated heterocycles. The number of aliphatic hydroxyl groups excluding tert-OH is 1. The summed E-state index contributed by atoms with van der Waals surface area (Å²) in [5, 5.41) is 23.9. The Morgan fingerprint density at radius 1 is 1.30 bits per heavy atom. The van der Waals surface area contributed by atoms with Gasteiger partial charge in [-0.05, 0) is 29.4 Å². The van der Waals surface area contributed by atoms with Crippen LogP contribution in [0, 0.1) is 27.1 Å². The maximum absolute atomic E-state index is 10.7. The molecular formula is C12H9N3O5. The minimum Gasteiger partial charge on any atom is -0.507 e. The van der Waals surface area contributed by atoms with Crippen LogP contribution in [0.5, 0.6) is 5.75 Å². The van der Waals surface area contributed by atoms with Crippen molar-refractivity contribution in [3.63, 3.8) is 0 Å². The van der Waals surface area contributed by atoms with Crippen molar-refractivity contribution in [2.24, 2.45) is 16.3 Å². The quantitative estimate of drug-likeness (QED) is 0.842. The molecule has 20 heavy (non-hydrogen) atoms. The monoisotopic (exact) mass is 275 g/mol.